The van der Waals surface area contributed by atoms with Crippen molar-refractivity contribution in [3.63, 3.8) is 0 Å². The highest BCUT2D eigenvalue weighted by Gasteiger charge is 2.04. The van der Waals surface area contributed by atoms with Gasteiger partial charge in [0.1, 0.15) is 7.11 Å². The molecule has 1 rings (SSSR count). The summed E-state index contributed by atoms with van der Waals surface area (Å²) >= 11 is 0. The number of aliphatic hydroxyl groups excluding tert-OH is 1. The van der Waals surface area contributed by atoms with Crippen LogP contribution in [0.2, 0.25) is 0 Å². The van der Waals surface area contributed by atoms with Crippen molar-refractivity contribution < 1.29 is 9.94 Å². The lowest BCUT2D eigenvalue weighted by Crippen LogP contribution is -1.88. The molecule has 0 atom stereocenters. The molecule has 0 unspecified atom stereocenters. The monoisotopic (exact) mass is 203 g/mol. The standard InChI is InChI=1S/C7H9NO2S2/c1-10-8-4-6-2-3-7(5-9)12-11-6/h2-4,9H,5H2,1H3. The van der Waals surface area contributed by atoms with Crippen molar-refractivity contribution in [2.75, 3.05) is 13.7 Å². The fraction of sp³-hybridized carbons (Fsp3) is 0.286. The number of nitrogens with zero attached hydrogens (tertiary/aromatic N) is 1. The van der Waals surface area contributed by atoms with Crippen molar-refractivity contribution in [2.24, 2.45) is 5.16 Å². The molecule has 0 radical (unpaired) electrons. The summed E-state index contributed by atoms with van der Waals surface area (Å²) in [6.07, 6.45) is 5.41. The third kappa shape index (κ3) is 2.92. The van der Waals surface area contributed by atoms with Gasteiger partial charge in [-0.05, 0) is 12.2 Å². The predicted molar refractivity (Wildman–Crippen MR) is 53.9 cm³/mol. The van der Waals surface area contributed by atoms with E-state index in [9.17, 15) is 0 Å². The molecule has 1 aliphatic heterocycles. The average Bonchev–Trinajstić information content (AvgIpc) is 2.15. The molecule has 0 aliphatic carbocycles. The molecule has 1 heterocycles. The Morgan fingerprint density at radius 3 is 2.92 bits per heavy atom. The fourth-order valence-electron chi connectivity index (χ4n) is 0.581. The van der Waals surface area contributed by atoms with Crippen molar-refractivity contribution in [3.05, 3.63) is 22.0 Å². The first-order valence-electron chi connectivity index (χ1n) is 3.29. The molecule has 0 saturated heterocycles. The predicted octanol–water partition coefficient (Wildman–Crippen LogP) is 1.77. The normalized spacial score (nSPS) is 17.5. The Labute approximate surface area is 78.9 Å². The zero-order valence-corrected chi connectivity index (χ0v) is 8.19. The van der Waals surface area contributed by atoms with Gasteiger partial charge in [-0.3, -0.25) is 0 Å². The Kier molecular flexibility index (Phi) is 4.27. The van der Waals surface area contributed by atoms with Gasteiger partial charge >= 0.3 is 0 Å². The van der Waals surface area contributed by atoms with E-state index >= 15 is 0 Å². The summed E-state index contributed by atoms with van der Waals surface area (Å²) in [5.41, 5.74) is 0. The van der Waals surface area contributed by atoms with Crippen LogP contribution in [0.5, 0.6) is 0 Å². The lowest BCUT2D eigenvalue weighted by Gasteiger charge is -2.06. The minimum atomic E-state index is 0.100. The van der Waals surface area contributed by atoms with Crippen molar-refractivity contribution in [1.82, 2.24) is 0 Å². The van der Waals surface area contributed by atoms with Crippen LogP contribution < -0.4 is 0 Å². The Hall–Kier alpha value is -0.390. The van der Waals surface area contributed by atoms with Gasteiger partial charge in [0.25, 0.3) is 0 Å². The smallest absolute Gasteiger partial charge is 0.106 e. The van der Waals surface area contributed by atoms with Crippen molar-refractivity contribution >= 4 is 27.8 Å². The van der Waals surface area contributed by atoms with Crippen molar-refractivity contribution in [3.8, 4) is 0 Å². The summed E-state index contributed by atoms with van der Waals surface area (Å²) in [6, 6.07) is 0. The van der Waals surface area contributed by atoms with Crippen LogP contribution in [0.25, 0.3) is 0 Å². The summed E-state index contributed by atoms with van der Waals surface area (Å²) in [4.78, 5) is 6.50. The van der Waals surface area contributed by atoms with E-state index < -0.39 is 0 Å². The van der Waals surface area contributed by atoms with Crippen LogP contribution in [0.4, 0.5) is 0 Å². The number of hydrogen-bond donors (Lipinski definition) is 1. The first-order valence-corrected chi connectivity index (χ1v) is 5.44. The zero-order chi connectivity index (χ0) is 8.81. The third-order valence-corrected chi connectivity index (χ3v) is 3.59. The zero-order valence-electron chi connectivity index (χ0n) is 6.56. The second-order valence-electron chi connectivity index (χ2n) is 1.94. The van der Waals surface area contributed by atoms with Crippen molar-refractivity contribution in [1.29, 1.82) is 0 Å². The molecule has 0 aromatic carbocycles. The molecular formula is C7H9NO2S2. The van der Waals surface area contributed by atoms with Crippen molar-refractivity contribution in [2.45, 2.75) is 0 Å². The number of rotatable bonds is 3. The van der Waals surface area contributed by atoms with E-state index in [0.717, 1.165) is 9.81 Å². The molecule has 12 heavy (non-hydrogen) atoms. The Bertz CT molecular complexity index is 236. The van der Waals surface area contributed by atoms with Crippen LogP contribution in [0.1, 0.15) is 0 Å². The average molecular weight is 203 g/mol. The topological polar surface area (TPSA) is 41.8 Å². The first kappa shape index (κ1) is 9.70. The van der Waals surface area contributed by atoms with Gasteiger partial charge in [0.2, 0.25) is 0 Å². The molecule has 3 nitrogen and oxygen atoms in total. The fourth-order valence-corrected chi connectivity index (χ4v) is 2.40. The van der Waals surface area contributed by atoms with E-state index in [2.05, 4.69) is 9.99 Å². The van der Waals surface area contributed by atoms with Gasteiger partial charge in [-0.2, -0.15) is 0 Å². The molecule has 0 amide bonds. The molecule has 5 heteroatoms. The highest BCUT2D eigenvalue weighted by Crippen LogP contribution is 2.38. The maximum atomic E-state index is 8.76. The number of oxime groups is 1. The van der Waals surface area contributed by atoms with Crippen LogP contribution in [-0.4, -0.2) is 25.0 Å². The number of hydrogen-bond acceptors (Lipinski definition) is 5. The highest BCUT2D eigenvalue weighted by atomic mass is 33.1. The second kappa shape index (κ2) is 5.29. The Morgan fingerprint density at radius 2 is 2.42 bits per heavy atom. The summed E-state index contributed by atoms with van der Waals surface area (Å²) in [5.74, 6) is 0. The van der Waals surface area contributed by atoms with Gasteiger partial charge in [0.05, 0.1) is 12.8 Å². The third-order valence-electron chi connectivity index (χ3n) is 1.12. The van der Waals surface area contributed by atoms with Crippen LogP contribution in [0, 0.1) is 0 Å². The van der Waals surface area contributed by atoms with Crippen LogP contribution in [0.15, 0.2) is 27.1 Å². The van der Waals surface area contributed by atoms with E-state index in [4.69, 9.17) is 5.11 Å². The van der Waals surface area contributed by atoms with Gasteiger partial charge in [0.15, 0.2) is 0 Å². The Morgan fingerprint density at radius 1 is 1.58 bits per heavy atom. The van der Waals surface area contributed by atoms with Gasteiger partial charge in [-0.15, -0.1) is 0 Å². The van der Waals surface area contributed by atoms with E-state index in [-0.39, 0.29) is 6.61 Å². The summed E-state index contributed by atoms with van der Waals surface area (Å²) in [6.45, 7) is 0.100. The quantitative estimate of drug-likeness (QED) is 0.431. The van der Waals surface area contributed by atoms with Gasteiger partial charge < -0.3 is 9.94 Å². The minimum absolute atomic E-state index is 0.100. The van der Waals surface area contributed by atoms with Gasteiger partial charge in [-0.1, -0.05) is 26.7 Å². The molecule has 1 aliphatic rings. The molecule has 0 spiro atoms. The molecule has 0 aromatic heterocycles. The molecule has 0 bridgehead atoms. The minimum Gasteiger partial charge on any atom is -0.399 e. The molecule has 0 aromatic rings. The molecule has 66 valence electrons. The number of aliphatic hydroxyl groups is 1. The van der Waals surface area contributed by atoms with Gasteiger partial charge in [0, 0.05) is 9.81 Å². The highest BCUT2D eigenvalue weighted by molar-refractivity contribution is 8.79. The molecule has 1 N–H and O–H groups in total. The van der Waals surface area contributed by atoms with Crippen LogP contribution in [0.3, 0.4) is 0 Å². The van der Waals surface area contributed by atoms with E-state index in [1.165, 1.54) is 17.9 Å². The summed E-state index contributed by atoms with van der Waals surface area (Å²) in [7, 11) is 4.60. The first-order chi connectivity index (χ1) is 5.86. The van der Waals surface area contributed by atoms with E-state index in [1.54, 1.807) is 17.0 Å². The summed E-state index contributed by atoms with van der Waals surface area (Å²) < 4.78 is 0. The molecule has 0 saturated carbocycles. The maximum Gasteiger partial charge on any atom is 0.106 e. The molecule has 0 fully saturated rings. The largest absolute Gasteiger partial charge is 0.399 e. The lowest BCUT2D eigenvalue weighted by atomic mass is 10.4. The maximum absolute atomic E-state index is 8.76. The van der Waals surface area contributed by atoms with Crippen LogP contribution >= 0.6 is 21.6 Å². The summed E-state index contributed by atoms with van der Waals surface area (Å²) in [5, 5.41) is 12.4. The Balaban J connectivity index is 2.54. The SMILES string of the molecule is CON=CC1=CC=C(CO)SS1. The lowest BCUT2D eigenvalue weighted by molar-refractivity contribution is 0.215. The van der Waals surface area contributed by atoms with Gasteiger partial charge in [-0.25, -0.2) is 0 Å². The second-order valence-corrected chi connectivity index (χ2v) is 4.27. The van der Waals surface area contributed by atoms with Crippen LogP contribution in [-0.2, 0) is 4.84 Å². The van der Waals surface area contributed by atoms with E-state index in [0.29, 0.717) is 0 Å². The number of allylic oxidation sites excluding steroid dienone is 3. The molecular weight excluding hydrogens is 194 g/mol. The van der Waals surface area contributed by atoms with E-state index in [1.807, 2.05) is 12.2 Å².